The topological polar surface area (TPSA) is 88.8 Å². The van der Waals surface area contributed by atoms with Gasteiger partial charge in [-0.15, -0.1) is 11.3 Å². The molecule has 0 unspecified atom stereocenters. The molecule has 2 heterocycles. The van der Waals surface area contributed by atoms with Crippen LogP contribution >= 0.6 is 23.3 Å². The summed E-state index contributed by atoms with van der Waals surface area (Å²) in [6.45, 7) is 4.66. The second-order valence-corrected chi connectivity index (χ2v) is 8.90. The molecule has 29 heavy (non-hydrogen) atoms. The molecule has 0 radical (unpaired) electrons. The molecule has 3 rings (SSSR count). The van der Waals surface area contributed by atoms with Gasteiger partial charge in [0, 0.05) is 43.9 Å². The number of nitrogens with two attached hydrogens (primary N) is 1. The monoisotopic (exact) mass is 438 g/mol. The summed E-state index contributed by atoms with van der Waals surface area (Å²) in [6.07, 6.45) is -0.0491. The third-order valence-electron chi connectivity index (χ3n) is 4.34. The van der Waals surface area contributed by atoms with Crippen LogP contribution in [0.15, 0.2) is 34.0 Å². The van der Waals surface area contributed by atoms with E-state index >= 15 is 0 Å². The van der Waals surface area contributed by atoms with Gasteiger partial charge in [-0.05, 0) is 17.7 Å². The van der Waals surface area contributed by atoms with Crippen LogP contribution in [0.3, 0.4) is 0 Å². The highest BCUT2D eigenvalue weighted by Crippen LogP contribution is 2.27. The normalized spacial score (nSPS) is 17.2. The maximum absolute atomic E-state index is 13.1. The number of hydrogen-bond donors (Lipinski definition) is 1. The van der Waals surface area contributed by atoms with Crippen LogP contribution in [-0.4, -0.2) is 58.3 Å². The summed E-state index contributed by atoms with van der Waals surface area (Å²) in [4.78, 5) is 29.7. The van der Waals surface area contributed by atoms with Crippen molar-refractivity contribution >= 4 is 35.1 Å². The molecule has 1 aliphatic rings. The van der Waals surface area contributed by atoms with Crippen LogP contribution in [0.2, 0.25) is 0 Å². The third kappa shape index (κ3) is 6.77. The Morgan fingerprint density at radius 3 is 2.86 bits per heavy atom. The zero-order valence-corrected chi connectivity index (χ0v) is 17.7. The number of nitrogens with zero attached hydrogens (tertiary/aromatic N) is 3. The quantitative estimate of drug-likeness (QED) is 0.635. The molecule has 1 saturated heterocycles. The highest BCUT2D eigenvalue weighted by molar-refractivity contribution is 7.99. The van der Waals surface area contributed by atoms with Crippen molar-refractivity contribution in [2.75, 3.05) is 26.2 Å². The lowest BCUT2D eigenvalue weighted by atomic mass is 10.2. The molecule has 7 nitrogen and oxygen atoms in total. The van der Waals surface area contributed by atoms with Crippen molar-refractivity contribution in [2.24, 2.45) is 5.73 Å². The molecule has 156 valence electrons. The van der Waals surface area contributed by atoms with E-state index in [0.717, 1.165) is 12.1 Å². The van der Waals surface area contributed by atoms with E-state index in [4.69, 9.17) is 10.5 Å². The van der Waals surface area contributed by atoms with E-state index in [-0.39, 0.29) is 24.2 Å². The van der Waals surface area contributed by atoms with E-state index < -0.39 is 5.91 Å². The van der Waals surface area contributed by atoms with Crippen LogP contribution in [0.4, 0.5) is 4.39 Å². The Balaban J connectivity index is 1.56. The number of benzene rings is 1. The summed E-state index contributed by atoms with van der Waals surface area (Å²) in [6, 6.07) is 6.48. The van der Waals surface area contributed by atoms with Gasteiger partial charge in [-0.1, -0.05) is 12.1 Å². The number of hydrogen-bond acceptors (Lipinski definition) is 7. The van der Waals surface area contributed by atoms with Gasteiger partial charge in [-0.25, -0.2) is 9.37 Å². The van der Waals surface area contributed by atoms with Crippen molar-refractivity contribution in [3.8, 4) is 0 Å². The predicted molar refractivity (Wildman–Crippen MR) is 110 cm³/mol. The zero-order chi connectivity index (χ0) is 20.8. The standard InChI is InChI=1S/C19H23FN4O3S2/c1-13(25)24(29-19-22-16(12-28-19)8-18(21)26)11-17-10-23(6-7-27-17)9-14-2-4-15(20)5-3-14/h2-5,12,17H,6-11H2,1H3,(H2,21,26)/t17-/m0/s1. The summed E-state index contributed by atoms with van der Waals surface area (Å²) >= 11 is 2.62. The first-order valence-corrected chi connectivity index (χ1v) is 10.8. The smallest absolute Gasteiger partial charge is 0.229 e. The molecule has 1 aliphatic heterocycles. The third-order valence-corrected chi connectivity index (χ3v) is 6.41. The highest BCUT2D eigenvalue weighted by atomic mass is 32.2. The highest BCUT2D eigenvalue weighted by Gasteiger charge is 2.25. The van der Waals surface area contributed by atoms with Gasteiger partial charge in [0.1, 0.15) is 5.82 Å². The maximum atomic E-state index is 13.1. The second kappa shape index (κ2) is 10.1. The largest absolute Gasteiger partial charge is 0.374 e. The lowest BCUT2D eigenvalue weighted by molar-refractivity contribution is -0.126. The van der Waals surface area contributed by atoms with Gasteiger partial charge < -0.3 is 10.5 Å². The molecular weight excluding hydrogens is 415 g/mol. The number of aromatic nitrogens is 1. The first kappa shape index (κ1) is 21.7. The van der Waals surface area contributed by atoms with Crippen LogP contribution in [-0.2, 0) is 27.3 Å². The van der Waals surface area contributed by atoms with E-state index in [1.54, 1.807) is 21.8 Å². The molecule has 1 aromatic carbocycles. The molecule has 0 bridgehead atoms. The van der Waals surface area contributed by atoms with Gasteiger partial charge in [0.05, 0.1) is 31.4 Å². The number of carbonyl (C=O) groups is 2. The number of morpholine rings is 1. The lowest BCUT2D eigenvalue weighted by Crippen LogP contribution is -2.46. The first-order chi connectivity index (χ1) is 13.9. The Bertz CT molecular complexity index is 846. The molecule has 2 amide bonds. The Morgan fingerprint density at radius 1 is 1.41 bits per heavy atom. The second-order valence-electron chi connectivity index (χ2n) is 6.77. The van der Waals surface area contributed by atoms with E-state index in [9.17, 15) is 14.0 Å². The Kier molecular flexibility index (Phi) is 7.59. The van der Waals surface area contributed by atoms with Crippen LogP contribution in [0.25, 0.3) is 0 Å². The first-order valence-electron chi connectivity index (χ1n) is 9.16. The molecule has 2 N–H and O–H groups in total. The van der Waals surface area contributed by atoms with Crippen molar-refractivity contribution < 1.29 is 18.7 Å². The number of carbonyl (C=O) groups excluding carboxylic acids is 2. The van der Waals surface area contributed by atoms with Crippen molar-refractivity contribution in [1.82, 2.24) is 14.2 Å². The Morgan fingerprint density at radius 2 is 2.17 bits per heavy atom. The van der Waals surface area contributed by atoms with Gasteiger partial charge in [-0.2, -0.15) is 0 Å². The zero-order valence-electron chi connectivity index (χ0n) is 16.0. The minimum atomic E-state index is -0.438. The van der Waals surface area contributed by atoms with Crippen LogP contribution in [0.5, 0.6) is 0 Å². The number of thiazole rings is 1. The summed E-state index contributed by atoms with van der Waals surface area (Å²) < 4.78 is 21.2. The van der Waals surface area contributed by atoms with Crippen molar-refractivity contribution in [3.63, 3.8) is 0 Å². The summed E-state index contributed by atoms with van der Waals surface area (Å²) in [7, 11) is 0. The maximum Gasteiger partial charge on any atom is 0.229 e. The molecule has 0 aliphatic carbocycles. The Labute approximate surface area is 177 Å². The average molecular weight is 439 g/mol. The van der Waals surface area contributed by atoms with Gasteiger partial charge >= 0.3 is 0 Å². The number of halogens is 1. The van der Waals surface area contributed by atoms with Gasteiger partial charge in [0.15, 0.2) is 4.34 Å². The van der Waals surface area contributed by atoms with Gasteiger partial charge in [-0.3, -0.25) is 18.8 Å². The van der Waals surface area contributed by atoms with Crippen LogP contribution in [0.1, 0.15) is 18.2 Å². The van der Waals surface area contributed by atoms with E-state index in [1.165, 1.54) is 42.3 Å². The molecule has 1 fully saturated rings. The molecule has 2 aromatic rings. The van der Waals surface area contributed by atoms with E-state index in [2.05, 4.69) is 9.88 Å². The van der Waals surface area contributed by atoms with Crippen LogP contribution < -0.4 is 5.73 Å². The number of primary amides is 1. The molecule has 0 spiro atoms. The number of amides is 2. The van der Waals surface area contributed by atoms with Gasteiger partial charge in [0.2, 0.25) is 11.8 Å². The number of ether oxygens (including phenoxy) is 1. The fraction of sp³-hybridized carbons (Fsp3) is 0.421. The minimum Gasteiger partial charge on any atom is -0.374 e. The van der Waals surface area contributed by atoms with Crippen molar-refractivity contribution in [2.45, 2.75) is 30.3 Å². The summed E-state index contributed by atoms with van der Waals surface area (Å²) in [5.41, 5.74) is 6.84. The summed E-state index contributed by atoms with van der Waals surface area (Å²) in [5, 5.41) is 1.77. The molecular formula is C19H23FN4O3S2. The van der Waals surface area contributed by atoms with Crippen molar-refractivity contribution in [1.29, 1.82) is 0 Å². The van der Waals surface area contributed by atoms with Crippen molar-refractivity contribution in [3.05, 3.63) is 46.7 Å². The fourth-order valence-corrected chi connectivity index (χ4v) is 4.83. The predicted octanol–water partition coefficient (Wildman–Crippen LogP) is 2.07. The minimum absolute atomic E-state index is 0.0845. The molecule has 1 aromatic heterocycles. The SMILES string of the molecule is CC(=O)N(C[C@@H]1CN(Cc2ccc(F)cc2)CCO1)Sc1nc(CC(N)=O)cs1. The molecule has 10 heteroatoms. The van der Waals surface area contributed by atoms with E-state index in [1.807, 2.05) is 0 Å². The van der Waals surface area contributed by atoms with Gasteiger partial charge in [0.25, 0.3) is 0 Å². The van der Waals surface area contributed by atoms with E-state index in [0.29, 0.717) is 36.3 Å². The lowest BCUT2D eigenvalue weighted by Gasteiger charge is -2.35. The average Bonchev–Trinajstić information content (AvgIpc) is 3.09. The Hall–Kier alpha value is -2.01. The van der Waals surface area contributed by atoms with Crippen LogP contribution in [0, 0.1) is 5.82 Å². The molecule has 1 atom stereocenters. The fourth-order valence-electron chi connectivity index (χ4n) is 2.98. The number of rotatable bonds is 8. The summed E-state index contributed by atoms with van der Waals surface area (Å²) in [5.74, 6) is -0.781. The molecule has 0 saturated carbocycles.